The fourth-order valence-electron chi connectivity index (χ4n) is 4.06. The predicted octanol–water partition coefficient (Wildman–Crippen LogP) is 2.34. The summed E-state index contributed by atoms with van der Waals surface area (Å²) >= 11 is 1.26. The van der Waals surface area contributed by atoms with Crippen molar-refractivity contribution in [1.29, 1.82) is 0 Å². The zero-order valence-electron chi connectivity index (χ0n) is 17.0. The standard InChI is InChI=1S/C20H23N5O5S/c1-14(26)31-18-10-17(11-22-8-6-19-21-7-9-24(19)22)23(12-18)20(27)30-13-15-2-4-16(5-3-15)25(28)29/h2-5,7,9,17-18H,6,8,10-13H2,1H3/t17-,18-/m0/s1. The number of hydrogen-bond donors (Lipinski definition) is 0. The maximum absolute atomic E-state index is 12.9. The number of aromatic nitrogens is 2. The Bertz CT molecular complexity index is 979. The van der Waals surface area contributed by atoms with Crippen molar-refractivity contribution in [2.75, 3.05) is 24.6 Å². The molecule has 0 N–H and O–H groups in total. The number of fused-ring (bicyclic) bond motifs is 1. The molecule has 0 saturated carbocycles. The molecule has 1 saturated heterocycles. The molecule has 2 aliphatic rings. The number of ether oxygens (including phenoxy) is 1. The average Bonchev–Trinajstić information content (AvgIpc) is 3.44. The minimum absolute atomic E-state index is 0.0109. The second-order valence-corrected chi connectivity index (χ2v) is 9.08. The number of rotatable bonds is 6. The summed E-state index contributed by atoms with van der Waals surface area (Å²) in [4.78, 5) is 40.8. The molecule has 1 fully saturated rings. The van der Waals surface area contributed by atoms with Crippen molar-refractivity contribution in [3.8, 4) is 0 Å². The fourth-order valence-corrected chi connectivity index (χ4v) is 5.08. The molecular formula is C20H23N5O5S. The third-order valence-electron chi connectivity index (χ3n) is 5.47. The number of thioether (sulfide) groups is 1. The first-order valence-electron chi connectivity index (χ1n) is 10.0. The Morgan fingerprint density at radius 3 is 2.81 bits per heavy atom. The van der Waals surface area contributed by atoms with Gasteiger partial charge in [0.15, 0.2) is 5.12 Å². The largest absolute Gasteiger partial charge is 0.445 e. The van der Waals surface area contributed by atoms with Crippen LogP contribution in [0.1, 0.15) is 24.7 Å². The molecule has 0 aliphatic carbocycles. The summed E-state index contributed by atoms with van der Waals surface area (Å²) in [6.45, 7) is 3.47. The average molecular weight is 446 g/mol. The second kappa shape index (κ2) is 8.96. The van der Waals surface area contributed by atoms with E-state index in [-0.39, 0.29) is 28.7 Å². The van der Waals surface area contributed by atoms with E-state index >= 15 is 0 Å². The van der Waals surface area contributed by atoms with Crippen LogP contribution < -0.4 is 5.01 Å². The minimum atomic E-state index is -0.471. The van der Waals surface area contributed by atoms with Gasteiger partial charge in [0.25, 0.3) is 5.69 Å². The van der Waals surface area contributed by atoms with Crippen LogP contribution >= 0.6 is 11.8 Å². The number of carbonyl (C=O) groups excluding carboxylic acids is 2. The van der Waals surface area contributed by atoms with E-state index in [1.54, 1.807) is 23.2 Å². The number of amides is 1. The first kappa shape index (κ1) is 21.2. The molecular weight excluding hydrogens is 422 g/mol. The summed E-state index contributed by atoms with van der Waals surface area (Å²) in [5.41, 5.74) is 0.662. The number of nitro benzene ring substituents is 1. The summed E-state index contributed by atoms with van der Waals surface area (Å²) in [7, 11) is 0. The first-order valence-corrected chi connectivity index (χ1v) is 10.9. The van der Waals surface area contributed by atoms with Crippen LogP contribution in [0.4, 0.5) is 10.5 Å². The van der Waals surface area contributed by atoms with Gasteiger partial charge in [0.1, 0.15) is 12.4 Å². The second-order valence-electron chi connectivity index (χ2n) is 7.60. The van der Waals surface area contributed by atoms with Crippen molar-refractivity contribution in [1.82, 2.24) is 14.6 Å². The third kappa shape index (κ3) is 4.82. The highest BCUT2D eigenvalue weighted by atomic mass is 32.2. The SMILES string of the molecule is CC(=O)S[C@H]1C[C@@H](CN2CCc3nccn32)N(C(=O)OCc2ccc([N+](=O)[O-])cc2)C1. The lowest BCUT2D eigenvalue weighted by molar-refractivity contribution is -0.384. The van der Waals surface area contributed by atoms with Crippen molar-refractivity contribution < 1.29 is 19.2 Å². The number of non-ortho nitro benzene ring substituents is 1. The van der Waals surface area contributed by atoms with Crippen molar-refractivity contribution >= 4 is 28.7 Å². The summed E-state index contributed by atoms with van der Waals surface area (Å²) in [6, 6.07) is 5.84. The number of likely N-dealkylation sites (tertiary alicyclic amines) is 1. The van der Waals surface area contributed by atoms with Crippen LogP contribution in [-0.2, 0) is 22.6 Å². The van der Waals surface area contributed by atoms with E-state index < -0.39 is 11.0 Å². The van der Waals surface area contributed by atoms with Crippen LogP contribution in [0.3, 0.4) is 0 Å². The van der Waals surface area contributed by atoms with Crippen molar-refractivity contribution in [3.05, 3.63) is 58.2 Å². The number of nitrogens with zero attached hydrogens (tertiary/aromatic N) is 5. The van der Waals surface area contributed by atoms with Gasteiger partial charge in [-0.05, 0) is 24.1 Å². The third-order valence-corrected chi connectivity index (χ3v) is 6.48. The van der Waals surface area contributed by atoms with Gasteiger partial charge in [0.2, 0.25) is 0 Å². The van der Waals surface area contributed by atoms with Crippen molar-refractivity contribution in [2.24, 2.45) is 0 Å². The maximum Gasteiger partial charge on any atom is 0.410 e. The Balaban J connectivity index is 1.41. The van der Waals surface area contributed by atoms with E-state index in [9.17, 15) is 19.7 Å². The Morgan fingerprint density at radius 1 is 1.32 bits per heavy atom. The molecule has 3 heterocycles. The van der Waals surface area contributed by atoms with Gasteiger partial charge in [-0.15, -0.1) is 0 Å². The molecule has 2 atom stereocenters. The highest BCUT2D eigenvalue weighted by Crippen LogP contribution is 2.30. The number of benzene rings is 1. The molecule has 1 aromatic carbocycles. The van der Waals surface area contributed by atoms with Crippen LogP contribution in [0.2, 0.25) is 0 Å². The molecule has 1 amide bonds. The molecule has 0 spiro atoms. The number of hydrogen-bond acceptors (Lipinski definition) is 8. The summed E-state index contributed by atoms with van der Waals surface area (Å²) in [5.74, 6) is 1.000. The highest BCUT2D eigenvalue weighted by Gasteiger charge is 2.39. The van der Waals surface area contributed by atoms with E-state index in [0.29, 0.717) is 25.1 Å². The molecule has 0 unspecified atom stereocenters. The Hall–Kier alpha value is -3.08. The van der Waals surface area contributed by atoms with Crippen molar-refractivity contribution in [2.45, 2.75) is 37.7 Å². The molecule has 11 heteroatoms. The van der Waals surface area contributed by atoms with Gasteiger partial charge < -0.3 is 14.6 Å². The zero-order chi connectivity index (χ0) is 22.0. The van der Waals surface area contributed by atoms with E-state index in [2.05, 4.69) is 9.99 Å². The highest BCUT2D eigenvalue weighted by molar-refractivity contribution is 8.14. The van der Waals surface area contributed by atoms with Gasteiger partial charge in [-0.3, -0.25) is 14.9 Å². The van der Waals surface area contributed by atoms with Crippen LogP contribution in [0.5, 0.6) is 0 Å². The Kier molecular flexibility index (Phi) is 6.12. The Morgan fingerprint density at radius 2 is 2.10 bits per heavy atom. The number of carbonyl (C=O) groups is 2. The molecule has 31 heavy (non-hydrogen) atoms. The lowest BCUT2D eigenvalue weighted by Gasteiger charge is -2.29. The summed E-state index contributed by atoms with van der Waals surface area (Å²) < 4.78 is 7.52. The van der Waals surface area contributed by atoms with Crippen molar-refractivity contribution in [3.63, 3.8) is 0 Å². The molecule has 10 nitrogen and oxygen atoms in total. The normalized spacial score (nSPS) is 20.0. The fraction of sp³-hybridized carbons (Fsp3) is 0.450. The summed E-state index contributed by atoms with van der Waals surface area (Å²) in [5, 5.41) is 13.0. The molecule has 4 rings (SSSR count). The smallest absolute Gasteiger partial charge is 0.410 e. The van der Waals surface area contributed by atoms with Crippen LogP contribution in [-0.4, -0.2) is 61.6 Å². The van der Waals surface area contributed by atoms with Gasteiger partial charge >= 0.3 is 6.09 Å². The van der Waals surface area contributed by atoms with E-state index in [4.69, 9.17) is 4.74 Å². The monoisotopic (exact) mass is 445 g/mol. The van der Waals surface area contributed by atoms with E-state index in [0.717, 1.165) is 18.8 Å². The Labute approximate surface area is 183 Å². The van der Waals surface area contributed by atoms with Crippen LogP contribution in [0.15, 0.2) is 36.7 Å². The molecule has 0 bridgehead atoms. The molecule has 2 aliphatic heterocycles. The van der Waals surface area contributed by atoms with Gasteiger partial charge in [0, 0.05) is 56.2 Å². The van der Waals surface area contributed by atoms with Gasteiger partial charge in [-0.25, -0.2) is 14.5 Å². The lowest BCUT2D eigenvalue weighted by atomic mass is 10.2. The molecule has 0 radical (unpaired) electrons. The van der Waals surface area contributed by atoms with Crippen LogP contribution in [0.25, 0.3) is 0 Å². The predicted molar refractivity (Wildman–Crippen MR) is 114 cm³/mol. The van der Waals surface area contributed by atoms with E-state index in [1.807, 2.05) is 10.9 Å². The first-order chi connectivity index (χ1) is 14.9. The van der Waals surface area contributed by atoms with E-state index in [1.165, 1.54) is 30.8 Å². The van der Waals surface area contributed by atoms with Crippen LogP contribution in [0, 0.1) is 10.1 Å². The zero-order valence-corrected chi connectivity index (χ0v) is 17.9. The number of nitro groups is 1. The minimum Gasteiger partial charge on any atom is -0.445 e. The topological polar surface area (TPSA) is 111 Å². The number of imidazole rings is 1. The quantitative estimate of drug-likeness (QED) is 0.492. The molecule has 1 aromatic heterocycles. The lowest BCUT2D eigenvalue weighted by Crippen LogP contribution is -2.46. The van der Waals surface area contributed by atoms with Gasteiger partial charge in [0.05, 0.1) is 17.5 Å². The summed E-state index contributed by atoms with van der Waals surface area (Å²) in [6.07, 6.45) is 4.80. The molecule has 164 valence electrons. The molecule has 2 aromatic rings. The maximum atomic E-state index is 12.9. The van der Waals surface area contributed by atoms with Gasteiger partial charge in [-0.2, -0.15) is 0 Å². The van der Waals surface area contributed by atoms with Gasteiger partial charge in [-0.1, -0.05) is 11.8 Å².